The van der Waals surface area contributed by atoms with Gasteiger partial charge < -0.3 is 10.6 Å². The van der Waals surface area contributed by atoms with Crippen molar-refractivity contribution >= 4 is 46.2 Å². The van der Waals surface area contributed by atoms with Gasteiger partial charge in [-0.2, -0.15) is 0 Å². The summed E-state index contributed by atoms with van der Waals surface area (Å²) >= 11 is 7.01. The Morgan fingerprint density at radius 1 is 1.18 bits per heavy atom. The van der Waals surface area contributed by atoms with Gasteiger partial charge in [0.25, 0.3) is 11.5 Å². The van der Waals surface area contributed by atoms with Crippen molar-refractivity contribution in [1.82, 2.24) is 9.88 Å². The highest BCUT2D eigenvalue weighted by Gasteiger charge is 2.40. The highest BCUT2D eigenvalue weighted by molar-refractivity contribution is 7.18. The first kappa shape index (κ1) is 23.8. The van der Waals surface area contributed by atoms with Crippen molar-refractivity contribution in [3.63, 3.8) is 0 Å². The molecule has 1 fully saturated rings. The summed E-state index contributed by atoms with van der Waals surface area (Å²) in [6.45, 7) is 1.72. The van der Waals surface area contributed by atoms with E-state index in [1.54, 1.807) is 31.2 Å². The predicted octanol–water partition coefficient (Wildman–Crippen LogP) is 4.04. The van der Waals surface area contributed by atoms with E-state index in [1.165, 1.54) is 29.0 Å². The lowest BCUT2D eigenvalue weighted by Crippen LogP contribution is -2.39. The number of thiophene rings is 1. The van der Waals surface area contributed by atoms with E-state index in [-0.39, 0.29) is 35.8 Å². The van der Waals surface area contributed by atoms with Crippen LogP contribution in [-0.2, 0) is 9.59 Å². The number of hydrogen-bond acceptors (Lipinski definition) is 5. The number of aromatic nitrogens is 1. The van der Waals surface area contributed by atoms with E-state index in [9.17, 15) is 23.6 Å². The molecule has 0 radical (unpaired) electrons. The first-order valence-corrected chi connectivity index (χ1v) is 11.8. The van der Waals surface area contributed by atoms with E-state index in [2.05, 4.69) is 10.6 Å². The zero-order valence-corrected chi connectivity index (χ0v) is 19.7. The molecule has 3 aromatic rings. The van der Waals surface area contributed by atoms with Crippen molar-refractivity contribution in [2.24, 2.45) is 11.8 Å². The molecule has 0 unspecified atom stereocenters. The molecule has 2 amide bonds. The quantitative estimate of drug-likeness (QED) is 0.532. The number of carbonyl (C=O) groups is 3. The average Bonchev–Trinajstić information content (AvgIpc) is 3.41. The van der Waals surface area contributed by atoms with Crippen LogP contribution in [0.15, 0.2) is 59.5 Å². The number of halogens is 2. The molecule has 2 heterocycles. The summed E-state index contributed by atoms with van der Waals surface area (Å²) in [7, 11) is 0. The van der Waals surface area contributed by atoms with Crippen molar-refractivity contribution in [3.05, 3.63) is 80.1 Å². The topological polar surface area (TPSA) is 97.3 Å². The number of hydrogen-bond donors (Lipinski definition) is 2. The number of carbonyl (C=O) groups excluding carboxylic acids is 3. The lowest BCUT2D eigenvalue weighted by molar-refractivity contribution is -0.123. The molecule has 0 bridgehead atoms. The monoisotopic (exact) mass is 501 g/mol. The second-order valence-electron chi connectivity index (χ2n) is 8.14. The molecule has 4 rings (SSSR count). The fourth-order valence-electron chi connectivity index (χ4n) is 4.04. The van der Waals surface area contributed by atoms with Gasteiger partial charge in [-0.25, -0.2) is 4.39 Å². The third-order valence-corrected chi connectivity index (χ3v) is 7.07. The van der Waals surface area contributed by atoms with Crippen molar-refractivity contribution in [1.29, 1.82) is 0 Å². The molecule has 34 heavy (non-hydrogen) atoms. The Kier molecular flexibility index (Phi) is 6.95. The number of amides is 2. The Morgan fingerprint density at radius 2 is 1.97 bits per heavy atom. The summed E-state index contributed by atoms with van der Waals surface area (Å²) < 4.78 is 16.4. The number of pyridine rings is 1. The predicted molar refractivity (Wildman–Crippen MR) is 128 cm³/mol. The van der Waals surface area contributed by atoms with Crippen LogP contribution in [0.2, 0.25) is 4.34 Å². The molecular formula is C24H21ClFN3O4S. The maximum Gasteiger partial charge on any atom is 0.261 e. The zero-order valence-electron chi connectivity index (χ0n) is 18.1. The Morgan fingerprint density at radius 3 is 2.65 bits per heavy atom. The molecule has 2 aromatic heterocycles. The van der Waals surface area contributed by atoms with E-state index in [0.717, 1.165) is 17.4 Å². The number of anilines is 1. The molecule has 3 atom stereocenters. The maximum atomic E-state index is 14.6. The van der Waals surface area contributed by atoms with Crippen molar-refractivity contribution in [2.75, 3.05) is 5.32 Å². The minimum atomic E-state index is -0.697. The standard InChI is InChI=1S/C24H21ClFN3O4S/c1-13(27-24(33)20-7-8-21(25)34-20)16-10-14(11-19(16)30)23(32)28-18-6-5-15(12-17(18)26)29-9-3-2-4-22(29)31/h2-9,12-14,16H,10-11H2,1H3,(H,27,33)(H,28,32)/t13-,14-,16+/m0/s1. The minimum Gasteiger partial charge on any atom is -0.348 e. The van der Waals surface area contributed by atoms with E-state index >= 15 is 0 Å². The molecule has 1 aliphatic rings. The lowest BCUT2D eigenvalue weighted by Gasteiger charge is -2.19. The van der Waals surface area contributed by atoms with Gasteiger partial charge in [0.05, 0.1) is 20.6 Å². The fraction of sp³-hybridized carbons (Fsp3) is 0.250. The van der Waals surface area contributed by atoms with Crippen LogP contribution in [0, 0.1) is 17.7 Å². The summed E-state index contributed by atoms with van der Waals surface area (Å²) in [5.74, 6) is -2.78. The average molecular weight is 502 g/mol. The van der Waals surface area contributed by atoms with Gasteiger partial charge >= 0.3 is 0 Å². The number of ketones is 1. The third kappa shape index (κ3) is 5.10. The summed E-state index contributed by atoms with van der Waals surface area (Å²) in [6.07, 6.45) is 1.78. The number of benzene rings is 1. The maximum absolute atomic E-state index is 14.6. The van der Waals surface area contributed by atoms with Crippen molar-refractivity contribution < 1.29 is 18.8 Å². The molecule has 0 saturated heterocycles. The number of rotatable bonds is 6. The van der Waals surface area contributed by atoms with Crippen LogP contribution in [0.1, 0.15) is 29.4 Å². The lowest BCUT2D eigenvalue weighted by atomic mass is 9.97. The van der Waals surface area contributed by atoms with E-state index in [4.69, 9.17) is 11.6 Å². The first-order valence-electron chi connectivity index (χ1n) is 10.6. The van der Waals surface area contributed by atoms with Gasteiger partial charge in [-0.15, -0.1) is 11.3 Å². The van der Waals surface area contributed by atoms with E-state index < -0.39 is 29.6 Å². The largest absolute Gasteiger partial charge is 0.348 e. The molecule has 176 valence electrons. The van der Waals surface area contributed by atoms with Crippen LogP contribution in [-0.4, -0.2) is 28.2 Å². The molecule has 2 N–H and O–H groups in total. The molecule has 1 aliphatic carbocycles. The first-order chi connectivity index (χ1) is 16.2. The number of Topliss-reactive ketones (excluding diaryl/α,β-unsaturated/α-hetero) is 1. The molecule has 7 nitrogen and oxygen atoms in total. The van der Waals surface area contributed by atoms with Gasteiger partial charge in [0.2, 0.25) is 5.91 Å². The fourth-order valence-corrected chi connectivity index (χ4v) is 4.99. The van der Waals surface area contributed by atoms with Crippen molar-refractivity contribution in [2.45, 2.75) is 25.8 Å². The van der Waals surface area contributed by atoms with Gasteiger partial charge in [0, 0.05) is 42.6 Å². The number of nitrogens with one attached hydrogen (secondary N) is 2. The third-order valence-electron chi connectivity index (χ3n) is 5.84. The van der Waals surface area contributed by atoms with Gasteiger partial charge in [-0.3, -0.25) is 23.7 Å². The molecule has 0 aliphatic heterocycles. The van der Waals surface area contributed by atoms with Crippen LogP contribution < -0.4 is 16.2 Å². The summed E-state index contributed by atoms with van der Waals surface area (Å²) in [4.78, 5) is 50.0. The Labute approximate surface area is 203 Å². The van der Waals surface area contributed by atoms with E-state index in [1.807, 2.05) is 0 Å². The zero-order chi connectivity index (χ0) is 24.4. The molecule has 10 heteroatoms. The molecular weight excluding hydrogens is 481 g/mol. The van der Waals surface area contributed by atoms with Gasteiger partial charge in [0.15, 0.2) is 0 Å². The van der Waals surface area contributed by atoms with Crippen LogP contribution in [0.25, 0.3) is 5.69 Å². The molecule has 0 spiro atoms. The van der Waals surface area contributed by atoms with Gasteiger partial charge in [-0.1, -0.05) is 17.7 Å². The molecule has 1 saturated carbocycles. The Hall–Kier alpha value is -3.30. The second-order valence-corrected chi connectivity index (χ2v) is 9.85. The summed E-state index contributed by atoms with van der Waals surface area (Å²) in [5, 5.41) is 5.34. The number of nitrogens with zero attached hydrogens (tertiary/aromatic N) is 1. The van der Waals surface area contributed by atoms with Crippen LogP contribution in [0.5, 0.6) is 0 Å². The highest BCUT2D eigenvalue weighted by atomic mass is 35.5. The molecule has 1 aromatic carbocycles. The van der Waals surface area contributed by atoms with Crippen molar-refractivity contribution in [3.8, 4) is 5.69 Å². The Bertz CT molecular complexity index is 1320. The summed E-state index contributed by atoms with van der Waals surface area (Å²) in [6, 6.07) is 11.4. The summed E-state index contributed by atoms with van der Waals surface area (Å²) in [5.41, 5.74) is -0.0176. The van der Waals surface area contributed by atoms with Gasteiger partial charge in [-0.05, 0) is 43.7 Å². The highest BCUT2D eigenvalue weighted by Crippen LogP contribution is 2.32. The SMILES string of the molecule is C[C@H](NC(=O)c1ccc(Cl)s1)[C@H]1C[C@H](C(=O)Nc2ccc(-n3ccccc3=O)cc2F)CC1=O. The smallest absolute Gasteiger partial charge is 0.261 e. The van der Waals surface area contributed by atoms with E-state index in [0.29, 0.717) is 14.9 Å². The van der Waals surface area contributed by atoms with Gasteiger partial charge in [0.1, 0.15) is 11.6 Å². The van der Waals surface area contributed by atoms with Crippen LogP contribution >= 0.6 is 22.9 Å². The second kappa shape index (κ2) is 9.90. The Balaban J connectivity index is 1.39. The normalized spacial score (nSPS) is 18.5. The van der Waals surface area contributed by atoms with Crippen LogP contribution in [0.4, 0.5) is 10.1 Å². The minimum absolute atomic E-state index is 0.0145. The van der Waals surface area contributed by atoms with Crippen LogP contribution in [0.3, 0.4) is 0 Å².